The second-order valence-corrected chi connectivity index (χ2v) is 2.81. The van der Waals surface area contributed by atoms with Gasteiger partial charge in [0.25, 0.3) is 0 Å². The molecular weight excluding hydrogens is 168 g/mol. The number of aromatic nitrogens is 1. The number of rotatable bonds is 2. The Hall–Kier alpha value is -1.55. The summed E-state index contributed by atoms with van der Waals surface area (Å²) in [6.07, 6.45) is 1.96. The molecule has 0 radical (unpaired) electrons. The summed E-state index contributed by atoms with van der Waals surface area (Å²) in [5.74, 6) is 0.178. The second-order valence-electron chi connectivity index (χ2n) is 2.81. The van der Waals surface area contributed by atoms with Crippen molar-refractivity contribution >= 4 is 11.1 Å². The van der Waals surface area contributed by atoms with Gasteiger partial charge in [-0.05, 0) is 24.6 Å². The average molecular weight is 178 g/mol. The summed E-state index contributed by atoms with van der Waals surface area (Å²) in [4.78, 5) is 3.90. The summed E-state index contributed by atoms with van der Waals surface area (Å²) in [6.45, 7) is 0.511. The van der Waals surface area contributed by atoms with Gasteiger partial charge in [-0.25, -0.2) is 4.98 Å². The number of oxazole rings is 1. The van der Waals surface area contributed by atoms with E-state index in [-0.39, 0.29) is 5.75 Å². The minimum absolute atomic E-state index is 0.178. The van der Waals surface area contributed by atoms with E-state index < -0.39 is 0 Å². The van der Waals surface area contributed by atoms with E-state index in [2.05, 4.69) is 4.98 Å². The van der Waals surface area contributed by atoms with Crippen molar-refractivity contribution in [3.8, 4) is 5.75 Å². The SMILES string of the molecule is NCCc1ccc2ocnc2c1O. The number of benzene rings is 1. The standard InChI is InChI=1S/C9H10N2O2/c10-4-3-6-1-2-7-8(9(6)12)11-5-13-7/h1-2,5,12H,3-4,10H2. The third kappa shape index (κ3) is 1.25. The lowest BCUT2D eigenvalue weighted by atomic mass is 10.1. The molecule has 0 atom stereocenters. The maximum atomic E-state index is 9.69. The molecule has 1 aromatic heterocycles. The summed E-state index contributed by atoms with van der Waals surface area (Å²) < 4.78 is 5.03. The zero-order valence-corrected chi connectivity index (χ0v) is 7.03. The molecule has 1 aromatic carbocycles. The van der Waals surface area contributed by atoms with Gasteiger partial charge in [-0.3, -0.25) is 0 Å². The van der Waals surface area contributed by atoms with Crippen LogP contribution in [-0.2, 0) is 6.42 Å². The molecule has 4 nitrogen and oxygen atoms in total. The fourth-order valence-electron chi connectivity index (χ4n) is 1.32. The van der Waals surface area contributed by atoms with Crippen LogP contribution in [0.5, 0.6) is 5.75 Å². The van der Waals surface area contributed by atoms with Gasteiger partial charge in [-0.2, -0.15) is 0 Å². The van der Waals surface area contributed by atoms with Gasteiger partial charge in [-0.1, -0.05) is 6.07 Å². The van der Waals surface area contributed by atoms with Crippen molar-refractivity contribution < 1.29 is 9.52 Å². The molecule has 0 amide bonds. The first-order valence-corrected chi connectivity index (χ1v) is 4.07. The minimum atomic E-state index is 0.178. The van der Waals surface area contributed by atoms with Gasteiger partial charge in [0, 0.05) is 0 Å². The van der Waals surface area contributed by atoms with E-state index in [9.17, 15) is 5.11 Å². The van der Waals surface area contributed by atoms with Crippen LogP contribution in [0.15, 0.2) is 22.9 Å². The molecule has 13 heavy (non-hydrogen) atoms. The molecule has 0 fully saturated rings. The largest absolute Gasteiger partial charge is 0.505 e. The number of phenols is 1. The number of nitrogens with two attached hydrogens (primary N) is 1. The van der Waals surface area contributed by atoms with Crippen LogP contribution in [-0.4, -0.2) is 16.6 Å². The van der Waals surface area contributed by atoms with Gasteiger partial charge < -0.3 is 15.3 Å². The highest BCUT2D eigenvalue weighted by Crippen LogP contribution is 2.27. The monoisotopic (exact) mass is 178 g/mol. The van der Waals surface area contributed by atoms with Crippen LogP contribution in [0.3, 0.4) is 0 Å². The van der Waals surface area contributed by atoms with Crippen molar-refractivity contribution in [2.45, 2.75) is 6.42 Å². The zero-order valence-electron chi connectivity index (χ0n) is 7.03. The number of hydrogen-bond acceptors (Lipinski definition) is 4. The maximum absolute atomic E-state index is 9.69. The van der Waals surface area contributed by atoms with E-state index in [1.807, 2.05) is 0 Å². The quantitative estimate of drug-likeness (QED) is 0.720. The lowest BCUT2D eigenvalue weighted by molar-refractivity contribution is 0.473. The molecule has 68 valence electrons. The first-order chi connectivity index (χ1) is 6.33. The predicted molar refractivity (Wildman–Crippen MR) is 48.4 cm³/mol. The van der Waals surface area contributed by atoms with Gasteiger partial charge in [0.05, 0.1) is 0 Å². The van der Waals surface area contributed by atoms with Gasteiger partial charge in [0.2, 0.25) is 0 Å². The molecule has 0 bridgehead atoms. The third-order valence-corrected chi connectivity index (χ3v) is 1.97. The fraction of sp³-hybridized carbons (Fsp3) is 0.222. The van der Waals surface area contributed by atoms with E-state index in [0.29, 0.717) is 24.1 Å². The number of aromatic hydroxyl groups is 1. The molecular formula is C9H10N2O2. The normalized spacial score (nSPS) is 10.8. The molecule has 2 aromatic rings. The summed E-state index contributed by atoms with van der Waals surface area (Å²) >= 11 is 0. The van der Waals surface area contributed by atoms with Crippen molar-refractivity contribution in [3.63, 3.8) is 0 Å². The van der Waals surface area contributed by atoms with Gasteiger partial charge >= 0.3 is 0 Å². The van der Waals surface area contributed by atoms with E-state index in [4.69, 9.17) is 10.2 Å². The highest BCUT2D eigenvalue weighted by atomic mass is 16.3. The highest BCUT2D eigenvalue weighted by Gasteiger charge is 2.08. The van der Waals surface area contributed by atoms with Crippen LogP contribution in [0.2, 0.25) is 0 Å². The molecule has 0 saturated carbocycles. The number of nitrogens with zero attached hydrogens (tertiary/aromatic N) is 1. The number of hydrogen-bond donors (Lipinski definition) is 2. The lowest BCUT2D eigenvalue weighted by Crippen LogP contribution is -2.02. The van der Waals surface area contributed by atoms with E-state index in [0.717, 1.165) is 5.56 Å². The zero-order chi connectivity index (χ0) is 9.26. The van der Waals surface area contributed by atoms with Crippen LogP contribution in [0.4, 0.5) is 0 Å². The third-order valence-electron chi connectivity index (χ3n) is 1.97. The highest BCUT2D eigenvalue weighted by molar-refractivity contribution is 5.80. The van der Waals surface area contributed by atoms with Crippen molar-refractivity contribution in [2.75, 3.05) is 6.54 Å². The fourth-order valence-corrected chi connectivity index (χ4v) is 1.32. The summed E-state index contributed by atoms with van der Waals surface area (Å²) in [5.41, 5.74) is 7.30. The molecule has 0 aliphatic heterocycles. The van der Waals surface area contributed by atoms with Crippen molar-refractivity contribution in [2.24, 2.45) is 5.73 Å². The topological polar surface area (TPSA) is 72.3 Å². The van der Waals surface area contributed by atoms with Crippen LogP contribution in [0, 0.1) is 0 Å². The molecule has 0 unspecified atom stereocenters. The minimum Gasteiger partial charge on any atom is -0.505 e. The molecule has 0 aliphatic carbocycles. The van der Waals surface area contributed by atoms with Crippen molar-refractivity contribution in [3.05, 3.63) is 24.1 Å². The van der Waals surface area contributed by atoms with E-state index in [1.165, 1.54) is 6.39 Å². The van der Waals surface area contributed by atoms with Gasteiger partial charge in [0.1, 0.15) is 5.75 Å². The Morgan fingerprint density at radius 2 is 2.31 bits per heavy atom. The Kier molecular flexibility index (Phi) is 1.90. The Bertz CT molecular complexity index is 422. The summed E-state index contributed by atoms with van der Waals surface area (Å²) in [5, 5.41) is 9.69. The number of phenolic OH excluding ortho intramolecular Hbond substituents is 1. The molecule has 3 N–H and O–H groups in total. The Balaban J connectivity index is 2.59. The molecule has 0 saturated heterocycles. The average Bonchev–Trinajstić information content (AvgIpc) is 2.58. The van der Waals surface area contributed by atoms with Crippen molar-refractivity contribution in [1.82, 2.24) is 4.98 Å². The van der Waals surface area contributed by atoms with Crippen molar-refractivity contribution in [1.29, 1.82) is 0 Å². The van der Waals surface area contributed by atoms with Crippen LogP contribution in [0.25, 0.3) is 11.1 Å². The first kappa shape index (κ1) is 8.07. The number of fused-ring (bicyclic) bond motifs is 1. The smallest absolute Gasteiger partial charge is 0.182 e. The second kappa shape index (κ2) is 3.06. The Labute approximate surface area is 75.0 Å². The first-order valence-electron chi connectivity index (χ1n) is 4.07. The van der Waals surface area contributed by atoms with Crippen LogP contribution in [0.1, 0.15) is 5.56 Å². The Morgan fingerprint density at radius 1 is 1.46 bits per heavy atom. The molecule has 0 spiro atoms. The molecule has 1 heterocycles. The van der Waals surface area contributed by atoms with Gasteiger partial charge in [0.15, 0.2) is 17.5 Å². The maximum Gasteiger partial charge on any atom is 0.182 e. The van der Waals surface area contributed by atoms with Gasteiger partial charge in [-0.15, -0.1) is 0 Å². The van der Waals surface area contributed by atoms with Crippen LogP contribution >= 0.6 is 0 Å². The predicted octanol–water partition coefficient (Wildman–Crippen LogP) is 1.03. The van der Waals surface area contributed by atoms with E-state index in [1.54, 1.807) is 12.1 Å². The van der Waals surface area contributed by atoms with Crippen LogP contribution < -0.4 is 5.73 Å². The van der Waals surface area contributed by atoms with E-state index >= 15 is 0 Å². The lowest BCUT2D eigenvalue weighted by Gasteiger charge is -2.01. The molecule has 0 aliphatic rings. The molecule has 4 heteroatoms. The Morgan fingerprint density at radius 3 is 3.08 bits per heavy atom. The molecule has 2 rings (SSSR count). The summed E-state index contributed by atoms with van der Waals surface area (Å²) in [7, 11) is 0. The summed E-state index contributed by atoms with van der Waals surface area (Å²) in [6, 6.07) is 3.59.